The lowest BCUT2D eigenvalue weighted by atomic mass is 10.1. The van der Waals surface area contributed by atoms with Crippen LogP contribution in [-0.2, 0) is 9.59 Å². The Morgan fingerprint density at radius 3 is 2.38 bits per heavy atom. The fraction of sp³-hybridized carbons (Fsp3) is 0.400. The van der Waals surface area contributed by atoms with Crippen molar-refractivity contribution in [3.05, 3.63) is 29.5 Å². The minimum absolute atomic E-state index is 0.0362. The van der Waals surface area contributed by atoms with Gasteiger partial charge in [0, 0.05) is 24.2 Å². The molecule has 1 aromatic rings. The Hall–Kier alpha value is -2.37. The van der Waals surface area contributed by atoms with E-state index >= 15 is 0 Å². The lowest BCUT2D eigenvalue weighted by Gasteiger charge is -2.16. The quantitative estimate of drug-likeness (QED) is 0.829. The summed E-state index contributed by atoms with van der Waals surface area (Å²) in [5.74, 6) is -0.616. The third-order valence-electron chi connectivity index (χ3n) is 3.66. The lowest BCUT2D eigenvalue weighted by Crippen LogP contribution is -2.19. The second-order valence-electron chi connectivity index (χ2n) is 5.11. The number of carboxylic acid groups (broad SMARTS) is 1. The number of hydrogen-bond donors (Lipinski definition) is 2. The zero-order valence-corrected chi connectivity index (χ0v) is 12.2. The molecule has 2 N–H and O–H groups in total. The molecule has 112 valence electrons. The predicted molar refractivity (Wildman–Crippen MR) is 80.3 cm³/mol. The van der Waals surface area contributed by atoms with E-state index in [2.05, 4.69) is 15.2 Å². The normalized spacial score (nSPS) is 15.6. The van der Waals surface area contributed by atoms with Crippen LogP contribution in [0.3, 0.4) is 0 Å². The number of nitrogens with one attached hydrogen (secondary N) is 1. The van der Waals surface area contributed by atoms with Crippen molar-refractivity contribution in [3.8, 4) is 0 Å². The summed E-state index contributed by atoms with van der Waals surface area (Å²) < 4.78 is 0. The molecule has 0 aromatic carbocycles. The number of carboxylic acids is 1. The summed E-state index contributed by atoms with van der Waals surface area (Å²) in [6, 6.07) is 3.64. The third-order valence-corrected chi connectivity index (χ3v) is 3.66. The van der Waals surface area contributed by atoms with E-state index in [1.165, 1.54) is 26.7 Å². The van der Waals surface area contributed by atoms with E-state index in [0.29, 0.717) is 5.69 Å². The van der Waals surface area contributed by atoms with E-state index in [1.54, 1.807) is 12.3 Å². The van der Waals surface area contributed by atoms with E-state index in [0.717, 1.165) is 18.9 Å². The minimum atomic E-state index is -1.09. The number of anilines is 2. The topological polar surface area (TPSA) is 82.5 Å². The Morgan fingerprint density at radius 2 is 1.86 bits per heavy atom. The number of rotatable bonds is 4. The van der Waals surface area contributed by atoms with Crippen molar-refractivity contribution >= 4 is 23.4 Å². The van der Waals surface area contributed by atoms with Crippen LogP contribution >= 0.6 is 0 Å². The molecule has 6 nitrogen and oxygen atoms in total. The van der Waals surface area contributed by atoms with Gasteiger partial charge in [-0.25, -0.2) is 9.78 Å². The van der Waals surface area contributed by atoms with Gasteiger partial charge in [-0.1, -0.05) is 0 Å². The van der Waals surface area contributed by atoms with Crippen LogP contribution in [0, 0.1) is 0 Å². The Kier molecular flexibility index (Phi) is 4.57. The SMILES string of the molecule is CC(C(=O)O)=C(C)C(=O)Nc1ccc(N2CCCC2)nc1. The highest BCUT2D eigenvalue weighted by molar-refractivity contribution is 6.08. The maximum Gasteiger partial charge on any atom is 0.331 e. The summed E-state index contributed by atoms with van der Waals surface area (Å²) in [5.41, 5.74) is 0.778. The van der Waals surface area contributed by atoms with Crippen LogP contribution in [0.25, 0.3) is 0 Å². The molecule has 1 aliphatic rings. The molecular formula is C15H19N3O3. The van der Waals surface area contributed by atoms with E-state index in [4.69, 9.17) is 5.11 Å². The summed E-state index contributed by atoms with van der Waals surface area (Å²) in [4.78, 5) is 29.3. The molecule has 0 atom stereocenters. The first-order chi connectivity index (χ1) is 9.99. The molecule has 6 heteroatoms. The first kappa shape index (κ1) is 15.0. The number of carbonyl (C=O) groups is 2. The van der Waals surface area contributed by atoms with Gasteiger partial charge in [0.1, 0.15) is 5.82 Å². The average molecular weight is 289 g/mol. The standard InChI is InChI=1S/C15H19N3O3/c1-10(11(2)15(20)21)14(19)17-12-5-6-13(16-9-12)18-7-3-4-8-18/h5-6,9H,3-4,7-8H2,1-2H3,(H,17,19)(H,20,21). The summed E-state index contributed by atoms with van der Waals surface area (Å²) >= 11 is 0. The number of carbonyl (C=O) groups excluding carboxylic acids is 1. The van der Waals surface area contributed by atoms with Gasteiger partial charge in [0.25, 0.3) is 5.91 Å². The predicted octanol–water partition coefficient (Wildman–Crippen LogP) is 2.04. The van der Waals surface area contributed by atoms with Gasteiger partial charge in [-0.2, -0.15) is 0 Å². The van der Waals surface area contributed by atoms with Gasteiger partial charge in [-0.3, -0.25) is 4.79 Å². The van der Waals surface area contributed by atoms with Crippen molar-refractivity contribution < 1.29 is 14.7 Å². The molecule has 0 aliphatic carbocycles. The molecule has 2 heterocycles. The van der Waals surface area contributed by atoms with E-state index in [1.807, 2.05) is 6.07 Å². The Bertz CT molecular complexity index is 572. The summed E-state index contributed by atoms with van der Waals surface area (Å²) in [5, 5.41) is 11.5. The Labute approximate surface area is 123 Å². The summed E-state index contributed by atoms with van der Waals surface area (Å²) in [6.45, 7) is 4.92. The van der Waals surface area contributed by atoms with E-state index in [-0.39, 0.29) is 11.1 Å². The molecule has 21 heavy (non-hydrogen) atoms. The molecule has 2 rings (SSSR count). The third kappa shape index (κ3) is 3.59. The number of hydrogen-bond acceptors (Lipinski definition) is 4. The van der Waals surface area contributed by atoms with Gasteiger partial charge >= 0.3 is 5.97 Å². The molecule has 1 saturated heterocycles. The van der Waals surface area contributed by atoms with Crippen molar-refractivity contribution in [1.82, 2.24) is 4.98 Å². The Morgan fingerprint density at radius 1 is 1.19 bits per heavy atom. The molecule has 1 amide bonds. The lowest BCUT2D eigenvalue weighted by molar-refractivity contribution is -0.133. The molecule has 1 aromatic heterocycles. The van der Waals surface area contributed by atoms with Gasteiger partial charge in [0.2, 0.25) is 0 Å². The smallest absolute Gasteiger partial charge is 0.331 e. The number of amides is 1. The van der Waals surface area contributed by atoms with Crippen LogP contribution in [0.4, 0.5) is 11.5 Å². The van der Waals surface area contributed by atoms with Crippen molar-refractivity contribution in [2.24, 2.45) is 0 Å². The zero-order valence-electron chi connectivity index (χ0n) is 12.2. The van der Waals surface area contributed by atoms with Gasteiger partial charge in [-0.15, -0.1) is 0 Å². The molecule has 0 saturated carbocycles. The first-order valence-corrected chi connectivity index (χ1v) is 6.92. The van der Waals surface area contributed by atoms with Crippen molar-refractivity contribution in [2.45, 2.75) is 26.7 Å². The molecule has 1 aliphatic heterocycles. The average Bonchev–Trinajstić information content (AvgIpc) is 3.00. The summed E-state index contributed by atoms with van der Waals surface area (Å²) in [7, 11) is 0. The fourth-order valence-corrected chi connectivity index (χ4v) is 2.15. The van der Waals surface area contributed by atoms with Crippen LogP contribution < -0.4 is 10.2 Å². The van der Waals surface area contributed by atoms with Gasteiger partial charge in [0.15, 0.2) is 0 Å². The van der Waals surface area contributed by atoms with Crippen LogP contribution in [-0.4, -0.2) is 35.1 Å². The van der Waals surface area contributed by atoms with Crippen molar-refractivity contribution in [3.63, 3.8) is 0 Å². The summed E-state index contributed by atoms with van der Waals surface area (Å²) in [6.07, 6.45) is 3.95. The van der Waals surface area contributed by atoms with Crippen LogP contribution in [0.1, 0.15) is 26.7 Å². The van der Waals surface area contributed by atoms with Gasteiger partial charge < -0.3 is 15.3 Å². The number of aliphatic carboxylic acids is 1. The molecular weight excluding hydrogens is 270 g/mol. The number of nitrogens with zero attached hydrogens (tertiary/aromatic N) is 2. The second-order valence-corrected chi connectivity index (χ2v) is 5.11. The number of pyridine rings is 1. The van der Waals surface area contributed by atoms with Gasteiger partial charge in [-0.05, 0) is 38.8 Å². The highest BCUT2D eigenvalue weighted by atomic mass is 16.4. The monoisotopic (exact) mass is 289 g/mol. The number of aromatic nitrogens is 1. The molecule has 1 fully saturated rings. The maximum atomic E-state index is 11.9. The zero-order chi connectivity index (χ0) is 15.4. The van der Waals surface area contributed by atoms with Crippen LogP contribution in [0.5, 0.6) is 0 Å². The molecule has 0 bridgehead atoms. The van der Waals surface area contributed by atoms with Gasteiger partial charge in [0.05, 0.1) is 11.9 Å². The minimum Gasteiger partial charge on any atom is -0.478 e. The second kappa shape index (κ2) is 6.39. The van der Waals surface area contributed by atoms with E-state index in [9.17, 15) is 9.59 Å². The fourth-order valence-electron chi connectivity index (χ4n) is 2.15. The van der Waals surface area contributed by atoms with E-state index < -0.39 is 11.9 Å². The van der Waals surface area contributed by atoms with Crippen LogP contribution in [0.2, 0.25) is 0 Å². The maximum absolute atomic E-state index is 11.9. The Balaban J connectivity index is 2.05. The molecule has 0 unspecified atom stereocenters. The highest BCUT2D eigenvalue weighted by Gasteiger charge is 2.15. The highest BCUT2D eigenvalue weighted by Crippen LogP contribution is 2.19. The molecule has 0 spiro atoms. The molecule has 0 radical (unpaired) electrons. The van der Waals surface area contributed by atoms with Crippen molar-refractivity contribution in [2.75, 3.05) is 23.3 Å². The van der Waals surface area contributed by atoms with Crippen LogP contribution in [0.15, 0.2) is 29.5 Å². The largest absolute Gasteiger partial charge is 0.478 e. The van der Waals surface area contributed by atoms with Crippen molar-refractivity contribution in [1.29, 1.82) is 0 Å². The first-order valence-electron chi connectivity index (χ1n) is 6.92.